The molecule has 2 rings (SSSR count). The van der Waals surface area contributed by atoms with Crippen molar-refractivity contribution in [3.05, 3.63) is 5.01 Å². The van der Waals surface area contributed by atoms with Crippen molar-refractivity contribution < 1.29 is 4.79 Å². The molecule has 0 aliphatic carbocycles. The van der Waals surface area contributed by atoms with Crippen LogP contribution in [-0.4, -0.2) is 46.3 Å². The van der Waals surface area contributed by atoms with E-state index in [1.165, 1.54) is 24.2 Å². The van der Waals surface area contributed by atoms with Crippen LogP contribution in [0.1, 0.15) is 38.6 Å². The predicted octanol–water partition coefficient (Wildman–Crippen LogP) is 2.48. The van der Waals surface area contributed by atoms with E-state index in [0.29, 0.717) is 11.7 Å². The van der Waals surface area contributed by atoms with Crippen molar-refractivity contribution in [2.75, 3.05) is 25.0 Å². The molecule has 0 unspecified atom stereocenters. The van der Waals surface area contributed by atoms with Gasteiger partial charge in [0.15, 0.2) is 0 Å². The second-order valence-electron chi connectivity index (χ2n) is 6.44. The average molecular weight is 311 g/mol. The maximum absolute atomic E-state index is 11.9. The van der Waals surface area contributed by atoms with E-state index < -0.39 is 0 Å². The van der Waals surface area contributed by atoms with Crippen LogP contribution >= 0.6 is 11.3 Å². The molecule has 1 aliphatic heterocycles. The highest BCUT2D eigenvalue weighted by molar-refractivity contribution is 7.15. The second kappa shape index (κ2) is 6.70. The van der Waals surface area contributed by atoms with Crippen LogP contribution in [0.3, 0.4) is 0 Å². The van der Waals surface area contributed by atoms with E-state index in [9.17, 15) is 4.79 Å². The number of carbonyl (C=O) groups is 1. The predicted molar refractivity (Wildman–Crippen MR) is 85.7 cm³/mol. The van der Waals surface area contributed by atoms with Crippen LogP contribution in [0.25, 0.3) is 0 Å². The van der Waals surface area contributed by atoms with E-state index in [0.717, 1.165) is 24.0 Å². The van der Waals surface area contributed by atoms with Crippen LogP contribution in [0.4, 0.5) is 9.93 Å². The topological polar surface area (TPSA) is 70.1 Å². The monoisotopic (exact) mass is 311 g/mol. The Morgan fingerprint density at radius 3 is 2.86 bits per heavy atom. The third kappa shape index (κ3) is 4.64. The molecule has 2 amide bonds. The lowest BCUT2D eigenvalue weighted by Gasteiger charge is -2.43. The molecule has 118 valence electrons. The van der Waals surface area contributed by atoms with Crippen molar-refractivity contribution in [1.29, 1.82) is 0 Å². The van der Waals surface area contributed by atoms with Gasteiger partial charge < -0.3 is 5.32 Å². The van der Waals surface area contributed by atoms with Gasteiger partial charge in [0.05, 0.1) is 0 Å². The number of urea groups is 1. The molecule has 0 spiro atoms. The van der Waals surface area contributed by atoms with E-state index >= 15 is 0 Å². The highest BCUT2D eigenvalue weighted by atomic mass is 32.1. The second-order valence-corrected chi connectivity index (χ2v) is 7.62. The van der Waals surface area contributed by atoms with Crippen molar-refractivity contribution in [2.24, 2.45) is 5.92 Å². The molecular weight excluding hydrogens is 286 g/mol. The normalized spacial score (nSPS) is 20.3. The molecule has 7 heteroatoms. The Bertz CT molecular complexity index is 487. The Kier molecular flexibility index (Phi) is 5.16. The number of nitrogens with zero attached hydrogens (tertiary/aromatic N) is 3. The summed E-state index contributed by atoms with van der Waals surface area (Å²) in [4.78, 5) is 14.4. The van der Waals surface area contributed by atoms with Crippen LogP contribution in [0.15, 0.2) is 0 Å². The van der Waals surface area contributed by atoms with Crippen molar-refractivity contribution in [3.63, 3.8) is 0 Å². The minimum atomic E-state index is -0.218. The molecule has 1 fully saturated rings. The molecule has 21 heavy (non-hydrogen) atoms. The van der Waals surface area contributed by atoms with E-state index in [4.69, 9.17) is 0 Å². The number of hydrogen-bond donors (Lipinski definition) is 2. The summed E-state index contributed by atoms with van der Waals surface area (Å²) in [6.45, 7) is 11.3. The molecule has 1 aliphatic rings. The first kappa shape index (κ1) is 16.2. The summed E-state index contributed by atoms with van der Waals surface area (Å²) < 4.78 is 0. The van der Waals surface area contributed by atoms with E-state index in [2.05, 4.69) is 46.5 Å². The lowest BCUT2D eigenvalue weighted by atomic mass is 9.93. The third-order valence-corrected chi connectivity index (χ3v) is 4.70. The number of rotatable bonds is 4. The van der Waals surface area contributed by atoms with Crippen LogP contribution in [0, 0.1) is 12.8 Å². The van der Waals surface area contributed by atoms with Crippen molar-refractivity contribution in [2.45, 2.75) is 46.1 Å². The standard InChI is InChI=1S/C14H25N5OS/c1-10-6-5-7-19(8-10)14(3,4)9-15-12(20)16-13-18-17-11(2)21-13/h10H,5-9H2,1-4H3,(H2,15,16,18,20)/t10-/m1/s1. The highest BCUT2D eigenvalue weighted by Crippen LogP contribution is 2.23. The molecule has 1 aromatic heterocycles. The van der Waals surface area contributed by atoms with E-state index in [1.54, 1.807) is 0 Å². The Morgan fingerprint density at radius 2 is 2.24 bits per heavy atom. The minimum absolute atomic E-state index is 0.0386. The molecule has 0 radical (unpaired) electrons. The first-order valence-electron chi connectivity index (χ1n) is 7.47. The molecule has 2 heterocycles. The number of carbonyl (C=O) groups excluding carboxylic acids is 1. The Labute approximate surface area is 130 Å². The zero-order valence-corrected chi connectivity index (χ0v) is 14.1. The van der Waals surface area contributed by atoms with Gasteiger partial charge in [-0.3, -0.25) is 10.2 Å². The fraction of sp³-hybridized carbons (Fsp3) is 0.786. The van der Waals surface area contributed by atoms with Crippen LogP contribution in [-0.2, 0) is 0 Å². The number of nitrogens with one attached hydrogen (secondary N) is 2. The zero-order valence-electron chi connectivity index (χ0n) is 13.3. The van der Waals surface area contributed by atoms with Gasteiger partial charge in [0.25, 0.3) is 0 Å². The fourth-order valence-corrected chi connectivity index (χ4v) is 3.22. The summed E-state index contributed by atoms with van der Waals surface area (Å²) >= 11 is 1.37. The molecule has 1 aromatic rings. The van der Waals surface area contributed by atoms with Gasteiger partial charge in [0.1, 0.15) is 5.01 Å². The van der Waals surface area contributed by atoms with Gasteiger partial charge in [-0.15, -0.1) is 10.2 Å². The summed E-state index contributed by atoms with van der Waals surface area (Å²) in [7, 11) is 0. The smallest absolute Gasteiger partial charge is 0.321 e. The van der Waals surface area contributed by atoms with Gasteiger partial charge in [-0.1, -0.05) is 18.3 Å². The summed E-state index contributed by atoms with van der Waals surface area (Å²) in [5.74, 6) is 0.733. The average Bonchev–Trinajstić information content (AvgIpc) is 2.82. The van der Waals surface area contributed by atoms with Gasteiger partial charge in [0.2, 0.25) is 5.13 Å². The molecule has 0 aromatic carbocycles. The number of aryl methyl sites for hydroxylation is 1. The summed E-state index contributed by atoms with van der Waals surface area (Å²) in [5, 5.41) is 14.8. The summed E-state index contributed by atoms with van der Waals surface area (Å²) in [6, 6.07) is -0.218. The largest absolute Gasteiger partial charge is 0.336 e. The van der Waals surface area contributed by atoms with Gasteiger partial charge in [-0.05, 0) is 46.1 Å². The number of anilines is 1. The Balaban J connectivity index is 1.81. The lowest BCUT2D eigenvalue weighted by molar-refractivity contribution is 0.0728. The fourth-order valence-electron chi connectivity index (χ4n) is 2.64. The summed E-state index contributed by atoms with van der Waals surface area (Å²) in [5.41, 5.74) is -0.0386. The van der Waals surface area contributed by atoms with Crippen molar-refractivity contribution in [3.8, 4) is 0 Å². The maximum Gasteiger partial charge on any atom is 0.321 e. The molecule has 0 saturated carbocycles. The quantitative estimate of drug-likeness (QED) is 0.896. The first-order chi connectivity index (χ1) is 9.87. The van der Waals surface area contributed by atoms with Gasteiger partial charge >= 0.3 is 6.03 Å². The molecule has 6 nitrogen and oxygen atoms in total. The Hall–Kier alpha value is -1.21. The van der Waals surface area contributed by atoms with Crippen LogP contribution in [0.5, 0.6) is 0 Å². The van der Waals surface area contributed by atoms with Crippen molar-refractivity contribution >= 4 is 22.5 Å². The molecule has 1 saturated heterocycles. The van der Waals surface area contributed by atoms with Crippen LogP contribution in [0.2, 0.25) is 0 Å². The van der Waals surface area contributed by atoms with E-state index in [-0.39, 0.29) is 11.6 Å². The lowest BCUT2D eigenvalue weighted by Crippen LogP contribution is -2.55. The SMILES string of the molecule is Cc1nnc(NC(=O)NCC(C)(C)N2CCC[C@@H](C)C2)s1. The molecule has 2 N–H and O–H groups in total. The number of amides is 2. The van der Waals surface area contributed by atoms with Crippen LogP contribution < -0.4 is 10.6 Å². The molecule has 1 atom stereocenters. The number of aromatic nitrogens is 2. The van der Waals surface area contributed by atoms with E-state index in [1.807, 2.05) is 6.92 Å². The first-order valence-corrected chi connectivity index (χ1v) is 8.28. The molecule has 0 bridgehead atoms. The van der Waals surface area contributed by atoms with Gasteiger partial charge in [-0.2, -0.15) is 0 Å². The van der Waals surface area contributed by atoms with Crippen molar-refractivity contribution in [1.82, 2.24) is 20.4 Å². The number of piperidine rings is 1. The number of hydrogen-bond acceptors (Lipinski definition) is 5. The third-order valence-electron chi connectivity index (χ3n) is 3.94. The maximum atomic E-state index is 11.9. The Morgan fingerprint density at radius 1 is 1.48 bits per heavy atom. The minimum Gasteiger partial charge on any atom is -0.336 e. The highest BCUT2D eigenvalue weighted by Gasteiger charge is 2.30. The zero-order chi connectivity index (χ0) is 15.5. The van der Waals surface area contributed by atoms with Gasteiger partial charge in [0, 0.05) is 18.6 Å². The number of likely N-dealkylation sites (tertiary alicyclic amines) is 1. The van der Waals surface area contributed by atoms with Gasteiger partial charge in [-0.25, -0.2) is 4.79 Å². The summed E-state index contributed by atoms with van der Waals surface area (Å²) in [6.07, 6.45) is 2.54. The molecular formula is C14H25N5OS.